The van der Waals surface area contributed by atoms with Crippen LogP contribution in [0.15, 0.2) is 24.3 Å². The van der Waals surface area contributed by atoms with Crippen LogP contribution in [0.25, 0.3) is 0 Å². The molecule has 0 saturated carbocycles. The summed E-state index contributed by atoms with van der Waals surface area (Å²) in [6.07, 6.45) is 0. The van der Waals surface area contributed by atoms with Crippen molar-refractivity contribution >= 4 is 38.9 Å². The molecule has 6 nitrogen and oxygen atoms in total. The molecule has 134 valence electrons. The van der Waals surface area contributed by atoms with Gasteiger partial charge in [-0.05, 0) is 31.3 Å². The molecule has 1 N–H and O–H groups in total. The first-order valence-electron chi connectivity index (χ1n) is 7.46. The minimum atomic E-state index is -3.16. The number of hydrogen-bond acceptors (Lipinski definition) is 5. The third kappa shape index (κ3) is 6.12. The van der Waals surface area contributed by atoms with Crippen molar-refractivity contribution in [3.8, 4) is 5.75 Å². The zero-order valence-electron chi connectivity index (χ0n) is 13.2. The number of rotatable bonds is 7. The summed E-state index contributed by atoms with van der Waals surface area (Å²) < 4.78 is 28.5. The second-order valence-electron chi connectivity index (χ2n) is 5.81. The summed E-state index contributed by atoms with van der Waals surface area (Å²) in [4.78, 5) is 13.8. The van der Waals surface area contributed by atoms with Gasteiger partial charge in [0.25, 0.3) is 0 Å². The van der Waals surface area contributed by atoms with Crippen LogP contribution in [0.2, 0.25) is 5.02 Å². The Balaban J connectivity index is 1.69. The molecule has 0 aliphatic carbocycles. The van der Waals surface area contributed by atoms with Gasteiger partial charge in [-0.3, -0.25) is 9.69 Å². The van der Waals surface area contributed by atoms with Crippen molar-refractivity contribution in [2.24, 2.45) is 0 Å². The minimum absolute atomic E-state index is 0.0930. The van der Waals surface area contributed by atoms with E-state index in [1.165, 1.54) is 0 Å². The maximum absolute atomic E-state index is 12.0. The SMILES string of the molecule is CN(CCOc1ccc(Cl)cc1)CC(=O)N[C@@H]1CS(=O)(=O)C[C@@H]1Cl. The van der Waals surface area contributed by atoms with Gasteiger partial charge in [-0.25, -0.2) is 8.42 Å². The van der Waals surface area contributed by atoms with E-state index < -0.39 is 21.3 Å². The summed E-state index contributed by atoms with van der Waals surface area (Å²) in [6.45, 7) is 1.11. The molecular weight excluding hydrogens is 375 g/mol. The summed E-state index contributed by atoms with van der Waals surface area (Å²) in [5.41, 5.74) is 0. The van der Waals surface area contributed by atoms with Gasteiger partial charge in [0.2, 0.25) is 5.91 Å². The van der Waals surface area contributed by atoms with E-state index in [9.17, 15) is 13.2 Å². The molecule has 0 unspecified atom stereocenters. The third-order valence-corrected chi connectivity index (χ3v) is 6.23. The predicted molar refractivity (Wildman–Crippen MR) is 94.7 cm³/mol. The number of hydrogen-bond donors (Lipinski definition) is 1. The summed E-state index contributed by atoms with van der Waals surface area (Å²) in [5.74, 6) is 0.260. The quantitative estimate of drug-likeness (QED) is 0.702. The molecule has 9 heteroatoms. The number of amides is 1. The smallest absolute Gasteiger partial charge is 0.234 e. The fraction of sp³-hybridized carbons (Fsp3) is 0.533. The lowest BCUT2D eigenvalue weighted by Gasteiger charge is -2.19. The summed E-state index contributed by atoms with van der Waals surface area (Å²) >= 11 is 11.8. The van der Waals surface area contributed by atoms with Crippen molar-refractivity contribution in [3.05, 3.63) is 29.3 Å². The number of halogens is 2. The Kier molecular flexibility index (Phi) is 6.74. The molecule has 1 saturated heterocycles. The number of likely N-dealkylation sites (N-methyl/N-ethyl adjacent to an activating group) is 1. The fourth-order valence-electron chi connectivity index (χ4n) is 2.36. The number of benzene rings is 1. The van der Waals surface area contributed by atoms with Gasteiger partial charge in [0, 0.05) is 11.6 Å². The van der Waals surface area contributed by atoms with Gasteiger partial charge in [0.05, 0.1) is 29.5 Å². The van der Waals surface area contributed by atoms with Crippen LogP contribution in [0.3, 0.4) is 0 Å². The Morgan fingerprint density at radius 3 is 2.58 bits per heavy atom. The van der Waals surface area contributed by atoms with Crippen molar-refractivity contribution in [1.29, 1.82) is 0 Å². The first-order valence-corrected chi connectivity index (χ1v) is 10.1. The average molecular weight is 395 g/mol. The van der Waals surface area contributed by atoms with Crippen molar-refractivity contribution in [2.45, 2.75) is 11.4 Å². The van der Waals surface area contributed by atoms with E-state index in [1.807, 2.05) is 0 Å². The van der Waals surface area contributed by atoms with Gasteiger partial charge in [0.15, 0.2) is 9.84 Å². The molecule has 24 heavy (non-hydrogen) atoms. The van der Waals surface area contributed by atoms with E-state index in [1.54, 1.807) is 36.2 Å². The molecule has 1 aliphatic rings. The van der Waals surface area contributed by atoms with Crippen molar-refractivity contribution in [1.82, 2.24) is 10.2 Å². The number of sulfone groups is 1. The molecule has 2 rings (SSSR count). The predicted octanol–water partition coefficient (Wildman–Crippen LogP) is 1.17. The van der Waals surface area contributed by atoms with Crippen LogP contribution in [0.5, 0.6) is 5.75 Å². The topological polar surface area (TPSA) is 75.7 Å². The fourth-order valence-corrected chi connectivity index (χ4v) is 5.04. The monoisotopic (exact) mass is 394 g/mol. The largest absolute Gasteiger partial charge is 0.492 e. The van der Waals surface area contributed by atoms with Crippen molar-refractivity contribution < 1.29 is 17.9 Å². The molecule has 1 aromatic rings. The first-order chi connectivity index (χ1) is 11.2. The molecule has 1 fully saturated rings. The number of ether oxygens (including phenoxy) is 1. The van der Waals surface area contributed by atoms with Crippen LogP contribution < -0.4 is 10.1 Å². The second kappa shape index (κ2) is 8.38. The van der Waals surface area contributed by atoms with Crippen LogP contribution in [0.4, 0.5) is 0 Å². The van der Waals surface area contributed by atoms with Crippen LogP contribution >= 0.6 is 23.2 Å². The lowest BCUT2D eigenvalue weighted by molar-refractivity contribution is -0.122. The van der Waals surface area contributed by atoms with E-state index in [-0.39, 0.29) is 24.0 Å². The Morgan fingerprint density at radius 2 is 2.00 bits per heavy atom. The molecular formula is C15H20Cl2N2O4S. The molecule has 0 radical (unpaired) electrons. The van der Waals surface area contributed by atoms with Gasteiger partial charge < -0.3 is 10.1 Å². The summed E-state index contributed by atoms with van der Waals surface area (Å²) in [6, 6.07) is 6.51. The van der Waals surface area contributed by atoms with Gasteiger partial charge >= 0.3 is 0 Å². The van der Waals surface area contributed by atoms with Gasteiger partial charge in [-0.15, -0.1) is 11.6 Å². The number of carbonyl (C=O) groups excluding carboxylic acids is 1. The Morgan fingerprint density at radius 1 is 1.33 bits per heavy atom. The van der Waals surface area contributed by atoms with Crippen molar-refractivity contribution in [3.63, 3.8) is 0 Å². The molecule has 0 bridgehead atoms. The average Bonchev–Trinajstić information content (AvgIpc) is 2.73. The highest BCUT2D eigenvalue weighted by Gasteiger charge is 2.37. The minimum Gasteiger partial charge on any atom is -0.492 e. The van der Waals surface area contributed by atoms with Gasteiger partial charge in [-0.2, -0.15) is 0 Å². The molecule has 0 spiro atoms. The Labute approximate surface area is 152 Å². The highest BCUT2D eigenvalue weighted by molar-refractivity contribution is 7.91. The molecule has 1 heterocycles. The number of carbonyl (C=O) groups is 1. The standard InChI is InChI=1S/C15H20Cl2N2O4S/c1-19(6-7-23-12-4-2-11(16)3-5-12)8-15(20)18-14-10-24(21,22)9-13(14)17/h2-5,13-14H,6-10H2,1H3,(H,18,20)/t13-,14+/m0/s1. The highest BCUT2D eigenvalue weighted by atomic mass is 35.5. The number of nitrogens with zero attached hydrogens (tertiary/aromatic N) is 1. The second-order valence-corrected chi connectivity index (χ2v) is 8.96. The molecule has 1 aliphatic heterocycles. The van der Waals surface area contributed by atoms with E-state index in [0.717, 1.165) is 0 Å². The van der Waals surface area contributed by atoms with E-state index in [0.29, 0.717) is 23.9 Å². The van der Waals surface area contributed by atoms with Crippen molar-refractivity contribution in [2.75, 3.05) is 38.2 Å². The van der Waals surface area contributed by atoms with Gasteiger partial charge in [-0.1, -0.05) is 11.6 Å². The zero-order chi connectivity index (χ0) is 17.7. The van der Waals surface area contributed by atoms with E-state index >= 15 is 0 Å². The Hall–Kier alpha value is -1.02. The zero-order valence-corrected chi connectivity index (χ0v) is 15.6. The first kappa shape index (κ1) is 19.3. The lowest BCUT2D eigenvalue weighted by Crippen LogP contribution is -2.45. The Bertz CT molecular complexity index is 667. The molecule has 2 atom stereocenters. The maximum atomic E-state index is 12.0. The highest BCUT2D eigenvalue weighted by Crippen LogP contribution is 2.18. The van der Waals surface area contributed by atoms with Crippen LogP contribution in [0, 0.1) is 0 Å². The van der Waals surface area contributed by atoms with Crippen LogP contribution in [-0.4, -0.2) is 68.9 Å². The number of alkyl halides is 1. The normalized spacial score (nSPS) is 22.5. The van der Waals surface area contributed by atoms with E-state index in [4.69, 9.17) is 27.9 Å². The summed E-state index contributed by atoms with van der Waals surface area (Å²) in [5, 5.41) is 2.75. The molecule has 1 amide bonds. The number of nitrogens with one attached hydrogen (secondary N) is 1. The van der Waals surface area contributed by atoms with E-state index in [2.05, 4.69) is 5.32 Å². The third-order valence-electron chi connectivity index (χ3n) is 3.60. The van der Waals surface area contributed by atoms with Gasteiger partial charge in [0.1, 0.15) is 12.4 Å². The molecule has 1 aromatic carbocycles. The van der Waals surface area contributed by atoms with Crippen LogP contribution in [-0.2, 0) is 14.6 Å². The maximum Gasteiger partial charge on any atom is 0.234 e. The lowest BCUT2D eigenvalue weighted by atomic mass is 10.2. The molecule has 0 aromatic heterocycles. The van der Waals surface area contributed by atoms with Crippen LogP contribution in [0.1, 0.15) is 0 Å². The summed E-state index contributed by atoms with van der Waals surface area (Å²) in [7, 11) is -1.37.